The van der Waals surface area contributed by atoms with Crippen molar-refractivity contribution in [2.24, 2.45) is 5.73 Å². The second-order valence-corrected chi connectivity index (χ2v) is 10.2. The number of halogens is 5. The van der Waals surface area contributed by atoms with Gasteiger partial charge < -0.3 is 29.4 Å². The lowest BCUT2D eigenvalue weighted by Crippen LogP contribution is -2.22. The highest BCUT2D eigenvalue weighted by Gasteiger charge is 2.32. The van der Waals surface area contributed by atoms with Gasteiger partial charge in [0.25, 0.3) is 0 Å². The van der Waals surface area contributed by atoms with Crippen molar-refractivity contribution in [2.75, 3.05) is 20.3 Å². The van der Waals surface area contributed by atoms with Crippen LogP contribution in [0.2, 0.25) is 25.1 Å². The minimum atomic E-state index is -0.798. The van der Waals surface area contributed by atoms with E-state index in [2.05, 4.69) is 12.6 Å². The lowest BCUT2D eigenvalue weighted by molar-refractivity contribution is -0.136. The number of methoxy groups -OCH3 is 1. The molecule has 0 saturated heterocycles. The normalized spacial score (nSPS) is 13.9. The molecule has 0 amide bonds. The summed E-state index contributed by atoms with van der Waals surface area (Å²) in [6, 6.07) is 12.1. The molecule has 1 unspecified atom stereocenters. The van der Waals surface area contributed by atoms with Crippen molar-refractivity contribution in [3.8, 4) is 34.8 Å². The fourth-order valence-corrected chi connectivity index (χ4v) is 5.21. The third-order valence-electron chi connectivity index (χ3n) is 5.80. The van der Waals surface area contributed by atoms with E-state index >= 15 is 0 Å². The van der Waals surface area contributed by atoms with Crippen LogP contribution in [-0.2, 0) is 4.79 Å². The Kier molecular flexibility index (Phi) is 9.69. The SMILES string of the molecule is C=CCOc1ccc(C2C(C#N)=C(N)Oc3cc(OC(=O)COc4c(Cl)c(Cl)c(Cl)c(Cl)c4Cl)ccc32)cc1OC. The molecule has 4 rings (SSSR count). The fourth-order valence-electron chi connectivity index (χ4n) is 3.98. The number of carbonyl (C=O) groups excluding carboxylic acids is 1. The molecular formula is C28H19Cl5N2O6. The van der Waals surface area contributed by atoms with Crippen LogP contribution in [0.1, 0.15) is 17.0 Å². The van der Waals surface area contributed by atoms with Gasteiger partial charge in [-0.05, 0) is 23.8 Å². The lowest BCUT2D eigenvalue weighted by atomic mass is 9.83. The van der Waals surface area contributed by atoms with E-state index in [0.717, 1.165) is 0 Å². The largest absolute Gasteiger partial charge is 0.493 e. The Morgan fingerprint density at radius 3 is 2.34 bits per heavy atom. The number of rotatable bonds is 9. The number of nitrogens with zero attached hydrogens (tertiary/aromatic N) is 1. The van der Waals surface area contributed by atoms with E-state index in [4.69, 9.17) is 87.4 Å². The van der Waals surface area contributed by atoms with Crippen LogP contribution in [0.25, 0.3) is 0 Å². The first-order valence-corrected chi connectivity index (χ1v) is 13.5. The molecular weight excluding hydrogens is 638 g/mol. The summed E-state index contributed by atoms with van der Waals surface area (Å²) in [6.07, 6.45) is 1.61. The lowest BCUT2D eigenvalue weighted by Gasteiger charge is -2.27. The summed E-state index contributed by atoms with van der Waals surface area (Å²) in [5.74, 6) is -0.236. The molecule has 212 valence electrons. The van der Waals surface area contributed by atoms with Crippen molar-refractivity contribution in [2.45, 2.75) is 5.92 Å². The summed E-state index contributed by atoms with van der Waals surface area (Å²) >= 11 is 30.3. The van der Waals surface area contributed by atoms with Gasteiger partial charge in [0, 0.05) is 11.6 Å². The summed E-state index contributed by atoms with van der Waals surface area (Å²) < 4.78 is 27.6. The number of carbonyl (C=O) groups is 1. The highest BCUT2D eigenvalue weighted by molar-refractivity contribution is 6.55. The molecule has 1 atom stereocenters. The van der Waals surface area contributed by atoms with E-state index in [0.29, 0.717) is 29.2 Å². The Labute approximate surface area is 260 Å². The molecule has 0 bridgehead atoms. The average molecular weight is 657 g/mol. The van der Waals surface area contributed by atoms with E-state index in [9.17, 15) is 10.1 Å². The molecule has 2 N–H and O–H groups in total. The number of hydrogen-bond acceptors (Lipinski definition) is 8. The molecule has 13 heteroatoms. The second kappa shape index (κ2) is 13.0. The summed E-state index contributed by atoms with van der Waals surface area (Å²) in [7, 11) is 1.51. The molecule has 0 radical (unpaired) electrons. The number of benzene rings is 3. The van der Waals surface area contributed by atoms with Gasteiger partial charge in [0.2, 0.25) is 5.88 Å². The maximum absolute atomic E-state index is 12.6. The zero-order chi connectivity index (χ0) is 29.8. The van der Waals surface area contributed by atoms with Crippen LogP contribution >= 0.6 is 58.0 Å². The van der Waals surface area contributed by atoms with E-state index in [1.165, 1.54) is 13.2 Å². The summed E-state index contributed by atoms with van der Waals surface area (Å²) in [5, 5.41) is 9.45. The van der Waals surface area contributed by atoms with Gasteiger partial charge in [0.15, 0.2) is 23.9 Å². The highest BCUT2D eigenvalue weighted by Crippen LogP contribution is 2.48. The number of fused-ring (bicyclic) bond motifs is 1. The summed E-state index contributed by atoms with van der Waals surface area (Å²) in [4.78, 5) is 12.6. The Morgan fingerprint density at radius 2 is 1.71 bits per heavy atom. The van der Waals surface area contributed by atoms with Crippen molar-refractivity contribution in [1.82, 2.24) is 0 Å². The molecule has 0 aromatic heterocycles. The van der Waals surface area contributed by atoms with Crippen molar-refractivity contribution in [3.05, 3.63) is 96.7 Å². The van der Waals surface area contributed by atoms with Crippen LogP contribution in [-0.4, -0.2) is 26.3 Å². The van der Waals surface area contributed by atoms with Gasteiger partial charge in [-0.2, -0.15) is 5.26 Å². The number of hydrogen-bond donors (Lipinski definition) is 1. The van der Waals surface area contributed by atoms with Crippen molar-refractivity contribution < 1.29 is 28.5 Å². The number of allylic oxidation sites excluding steroid dienone is 1. The zero-order valence-corrected chi connectivity index (χ0v) is 24.9. The first-order valence-electron chi connectivity index (χ1n) is 11.6. The predicted molar refractivity (Wildman–Crippen MR) is 157 cm³/mol. The predicted octanol–water partition coefficient (Wildman–Crippen LogP) is 7.73. The molecule has 41 heavy (non-hydrogen) atoms. The first-order chi connectivity index (χ1) is 19.6. The monoisotopic (exact) mass is 654 g/mol. The third-order valence-corrected chi connectivity index (χ3v) is 8.05. The molecule has 3 aromatic carbocycles. The Hall–Kier alpha value is -3.45. The number of nitrogens with two attached hydrogens (primary N) is 1. The topological polar surface area (TPSA) is 113 Å². The van der Waals surface area contributed by atoms with Gasteiger partial charge in [-0.3, -0.25) is 0 Å². The van der Waals surface area contributed by atoms with E-state index in [1.54, 1.807) is 36.4 Å². The van der Waals surface area contributed by atoms with Crippen LogP contribution < -0.4 is 29.4 Å². The van der Waals surface area contributed by atoms with E-state index < -0.39 is 18.5 Å². The average Bonchev–Trinajstić information content (AvgIpc) is 2.97. The molecule has 0 fully saturated rings. The van der Waals surface area contributed by atoms with Gasteiger partial charge in [-0.1, -0.05) is 82.8 Å². The van der Waals surface area contributed by atoms with E-state index in [-0.39, 0.29) is 53.8 Å². The Bertz CT molecular complexity index is 1590. The van der Waals surface area contributed by atoms with E-state index in [1.807, 2.05) is 0 Å². The fraction of sp³-hybridized carbons (Fsp3) is 0.143. The molecule has 0 aliphatic carbocycles. The molecule has 3 aromatic rings. The smallest absolute Gasteiger partial charge is 0.349 e. The zero-order valence-electron chi connectivity index (χ0n) is 21.1. The van der Waals surface area contributed by atoms with Crippen LogP contribution in [0, 0.1) is 11.3 Å². The molecule has 1 aliphatic heterocycles. The maximum atomic E-state index is 12.6. The number of ether oxygens (including phenoxy) is 5. The van der Waals surface area contributed by atoms with Crippen LogP contribution in [0.4, 0.5) is 0 Å². The maximum Gasteiger partial charge on any atom is 0.349 e. The van der Waals surface area contributed by atoms with Gasteiger partial charge in [-0.15, -0.1) is 0 Å². The molecule has 0 spiro atoms. The first kappa shape index (κ1) is 30.5. The minimum Gasteiger partial charge on any atom is -0.493 e. The number of nitriles is 1. The molecule has 1 heterocycles. The summed E-state index contributed by atoms with van der Waals surface area (Å²) in [6.45, 7) is 3.35. The van der Waals surface area contributed by atoms with Crippen LogP contribution in [0.3, 0.4) is 0 Å². The minimum absolute atomic E-state index is 0.0473. The standard InChI is InChI=1S/C28H19Cl5N2O6/c1-3-8-38-17-7-4-13(9-19(17)37-2)21-15-6-5-14(10-18(15)41-28(35)16(21)11-34)40-20(36)12-39-27-25(32)23(30)22(29)24(31)26(27)33/h3-7,9-10,21H,1,8,12,35H2,2H3. The van der Waals surface area contributed by atoms with Gasteiger partial charge >= 0.3 is 5.97 Å². The van der Waals surface area contributed by atoms with Gasteiger partial charge in [0.1, 0.15) is 39.8 Å². The highest BCUT2D eigenvalue weighted by atomic mass is 35.5. The van der Waals surface area contributed by atoms with Crippen LogP contribution in [0.15, 0.2) is 60.5 Å². The molecule has 8 nitrogen and oxygen atoms in total. The number of esters is 1. The van der Waals surface area contributed by atoms with Crippen molar-refractivity contribution in [3.63, 3.8) is 0 Å². The van der Waals surface area contributed by atoms with Crippen LogP contribution in [0.5, 0.6) is 28.7 Å². The molecule has 1 aliphatic rings. The van der Waals surface area contributed by atoms with Gasteiger partial charge in [-0.25, -0.2) is 4.79 Å². The second-order valence-electron chi connectivity index (χ2n) is 8.30. The Morgan fingerprint density at radius 1 is 1.02 bits per heavy atom. The third kappa shape index (κ3) is 6.25. The van der Waals surface area contributed by atoms with Gasteiger partial charge in [0.05, 0.1) is 28.1 Å². The van der Waals surface area contributed by atoms with Crippen molar-refractivity contribution >= 4 is 64.0 Å². The molecule has 0 saturated carbocycles. The summed E-state index contributed by atoms with van der Waals surface area (Å²) in [5.41, 5.74) is 7.62. The Balaban J connectivity index is 1.58. The van der Waals surface area contributed by atoms with Crippen molar-refractivity contribution in [1.29, 1.82) is 5.26 Å². The quantitative estimate of drug-likeness (QED) is 0.0819.